The Morgan fingerprint density at radius 1 is 1.50 bits per heavy atom. The minimum absolute atomic E-state index is 0.410. The third-order valence-electron chi connectivity index (χ3n) is 0.522. The molecule has 0 heterocycles. The number of isocyanates is 1. The number of rotatable bonds is 1. The molecule has 3 nitrogen and oxygen atoms in total. The molecule has 0 fully saturated rings. The standard InChI is InChI=1S/C4H2Cl3NO2/c5-4(6,7)1-3(10)8-2-9/h1H2. The van der Waals surface area contributed by atoms with Gasteiger partial charge >= 0.3 is 0 Å². The summed E-state index contributed by atoms with van der Waals surface area (Å²) in [6, 6.07) is 0. The Morgan fingerprint density at radius 2 is 2.00 bits per heavy atom. The number of aliphatic imine (C=N–C) groups is 1. The summed E-state index contributed by atoms with van der Waals surface area (Å²) < 4.78 is -1.68. The number of carbonyl (C=O) groups excluding carboxylic acids is 2. The second-order valence-electron chi connectivity index (χ2n) is 1.39. The van der Waals surface area contributed by atoms with Crippen molar-refractivity contribution in [1.29, 1.82) is 0 Å². The van der Waals surface area contributed by atoms with Gasteiger partial charge in [0.1, 0.15) is 0 Å². The van der Waals surface area contributed by atoms with Gasteiger partial charge in [-0.25, -0.2) is 4.79 Å². The van der Waals surface area contributed by atoms with E-state index in [4.69, 9.17) is 34.8 Å². The number of nitrogens with zero attached hydrogens (tertiary/aromatic N) is 1. The van der Waals surface area contributed by atoms with Crippen molar-refractivity contribution in [2.24, 2.45) is 4.99 Å². The third kappa shape index (κ3) is 6.05. The van der Waals surface area contributed by atoms with Crippen LogP contribution in [0.4, 0.5) is 0 Å². The van der Waals surface area contributed by atoms with E-state index >= 15 is 0 Å². The van der Waals surface area contributed by atoms with Gasteiger partial charge in [-0.1, -0.05) is 34.8 Å². The molecule has 0 atom stereocenters. The molecule has 0 radical (unpaired) electrons. The lowest BCUT2D eigenvalue weighted by Crippen LogP contribution is -2.08. The van der Waals surface area contributed by atoms with E-state index in [1.54, 1.807) is 0 Å². The van der Waals surface area contributed by atoms with Crippen LogP contribution in [-0.4, -0.2) is 15.8 Å². The first-order valence-electron chi connectivity index (χ1n) is 2.13. The Kier molecular flexibility index (Phi) is 3.91. The summed E-state index contributed by atoms with van der Waals surface area (Å²) in [6.07, 6.45) is 0.630. The van der Waals surface area contributed by atoms with Crippen molar-refractivity contribution in [3.05, 3.63) is 0 Å². The van der Waals surface area contributed by atoms with Crippen molar-refractivity contribution in [2.45, 2.75) is 10.2 Å². The van der Waals surface area contributed by atoms with E-state index in [9.17, 15) is 9.59 Å². The topological polar surface area (TPSA) is 46.5 Å². The number of amides is 1. The molecule has 56 valence electrons. The Labute approximate surface area is 72.0 Å². The van der Waals surface area contributed by atoms with Crippen LogP contribution < -0.4 is 0 Å². The molecule has 0 aliphatic heterocycles. The number of alkyl halides is 3. The Balaban J connectivity index is 3.92. The second kappa shape index (κ2) is 3.94. The summed E-state index contributed by atoms with van der Waals surface area (Å²) in [5.74, 6) is -0.796. The lowest BCUT2D eigenvalue weighted by molar-refractivity contribution is -0.117. The maximum Gasteiger partial charge on any atom is 0.260 e. The van der Waals surface area contributed by atoms with Crippen LogP contribution in [0.15, 0.2) is 4.99 Å². The Bertz CT molecular complexity index is 179. The fourth-order valence-corrected chi connectivity index (χ4v) is 0.605. The average Bonchev–Trinajstić information content (AvgIpc) is 1.59. The van der Waals surface area contributed by atoms with Crippen LogP contribution in [0.1, 0.15) is 6.42 Å². The molecule has 6 heteroatoms. The van der Waals surface area contributed by atoms with Crippen LogP contribution in [0.3, 0.4) is 0 Å². The summed E-state index contributed by atoms with van der Waals surface area (Å²) in [5.41, 5.74) is 0. The second-order valence-corrected chi connectivity index (χ2v) is 3.90. The number of carbonyl (C=O) groups is 1. The van der Waals surface area contributed by atoms with Crippen molar-refractivity contribution in [1.82, 2.24) is 0 Å². The molecule has 0 aromatic rings. The SMILES string of the molecule is O=C=NC(=O)CC(Cl)(Cl)Cl. The quantitative estimate of drug-likeness (QED) is 0.368. The number of hydrogen-bond acceptors (Lipinski definition) is 2. The molecule has 0 aromatic heterocycles. The Hall–Kier alpha value is -0.0800. The van der Waals surface area contributed by atoms with Gasteiger partial charge in [0.2, 0.25) is 6.08 Å². The van der Waals surface area contributed by atoms with Crippen molar-refractivity contribution in [3.63, 3.8) is 0 Å². The number of hydrogen-bond donors (Lipinski definition) is 0. The first-order valence-corrected chi connectivity index (χ1v) is 3.26. The van der Waals surface area contributed by atoms with Crippen molar-refractivity contribution < 1.29 is 9.59 Å². The van der Waals surface area contributed by atoms with Crippen LogP contribution >= 0.6 is 34.8 Å². The summed E-state index contributed by atoms with van der Waals surface area (Å²) in [5, 5.41) is 0. The largest absolute Gasteiger partial charge is 0.272 e. The monoisotopic (exact) mass is 201 g/mol. The molecule has 0 rings (SSSR count). The van der Waals surface area contributed by atoms with Crippen LogP contribution in [-0.2, 0) is 9.59 Å². The van der Waals surface area contributed by atoms with Crippen LogP contribution in [0, 0.1) is 0 Å². The highest BCUT2D eigenvalue weighted by atomic mass is 35.6. The summed E-state index contributed by atoms with van der Waals surface area (Å²) >= 11 is 15.6. The smallest absolute Gasteiger partial charge is 0.260 e. The van der Waals surface area contributed by atoms with E-state index in [2.05, 4.69) is 4.99 Å². The normalized spacial score (nSPS) is 10.3. The first kappa shape index (κ1) is 9.92. The van der Waals surface area contributed by atoms with E-state index in [0.29, 0.717) is 0 Å². The zero-order valence-corrected chi connectivity index (χ0v) is 6.87. The zero-order chi connectivity index (χ0) is 8.20. The highest BCUT2D eigenvalue weighted by Gasteiger charge is 2.23. The fourth-order valence-electron chi connectivity index (χ4n) is 0.262. The van der Waals surface area contributed by atoms with Gasteiger partial charge in [0.25, 0.3) is 5.91 Å². The summed E-state index contributed by atoms with van der Waals surface area (Å²) in [7, 11) is 0. The lowest BCUT2D eigenvalue weighted by Gasteiger charge is -2.04. The van der Waals surface area contributed by atoms with Gasteiger partial charge in [0, 0.05) is 0 Å². The van der Waals surface area contributed by atoms with Gasteiger partial charge in [0.05, 0.1) is 6.42 Å². The number of halogens is 3. The van der Waals surface area contributed by atoms with Crippen LogP contribution in [0.5, 0.6) is 0 Å². The molecule has 0 aliphatic carbocycles. The van der Waals surface area contributed by atoms with Gasteiger partial charge < -0.3 is 0 Å². The van der Waals surface area contributed by atoms with Crippen molar-refractivity contribution in [3.8, 4) is 0 Å². The van der Waals surface area contributed by atoms with Crippen LogP contribution in [0.25, 0.3) is 0 Å². The predicted octanol–water partition coefficient (Wildman–Crippen LogP) is 1.61. The molecule has 0 aromatic carbocycles. The Morgan fingerprint density at radius 3 is 2.30 bits per heavy atom. The molecular formula is C4H2Cl3NO2. The molecule has 0 spiro atoms. The van der Waals surface area contributed by atoms with Gasteiger partial charge in [-0.3, -0.25) is 4.79 Å². The molecule has 0 aliphatic rings. The zero-order valence-electron chi connectivity index (χ0n) is 4.60. The maximum absolute atomic E-state index is 10.4. The van der Waals surface area contributed by atoms with Gasteiger partial charge in [-0.05, 0) is 0 Å². The third-order valence-corrected chi connectivity index (χ3v) is 0.923. The maximum atomic E-state index is 10.4. The first-order chi connectivity index (χ1) is 4.45. The summed E-state index contributed by atoms with van der Waals surface area (Å²) in [6.45, 7) is 0. The molecule has 0 N–H and O–H groups in total. The summed E-state index contributed by atoms with van der Waals surface area (Å²) in [4.78, 5) is 22.5. The highest BCUT2D eigenvalue weighted by Crippen LogP contribution is 2.29. The van der Waals surface area contributed by atoms with E-state index in [1.807, 2.05) is 0 Å². The van der Waals surface area contributed by atoms with E-state index < -0.39 is 16.1 Å². The highest BCUT2D eigenvalue weighted by molar-refractivity contribution is 6.68. The molecule has 0 saturated carbocycles. The molecule has 0 bridgehead atoms. The fraction of sp³-hybridized carbons (Fsp3) is 0.500. The molecule has 1 amide bonds. The van der Waals surface area contributed by atoms with Gasteiger partial charge in [0.15, 0.2) is 3.79 Å². The molecule has 0 saturated heterocycles. The van der Waals surface area contributed by atoms with E-state index in [1.165, 1.54) is 0 Å². The van der Waals surface area contributed by atoms with Crippen LogP contribution in [0.2, 0.25) is 0 Å². The minimum Gasteiger partial charge on any atom is -0.272 e. The van der Waals surface area contributed by atoms with E-state index in [-0.39, 0.29) is 0 Å². The van der Waals surface area contributed by atoms with Crippen molar-refractivity contribution in [2.75, 3.05) is 0 Å². The lowest BCUT2D eigenvalue weighted by atomic mass is 10.5. The predicted molar refractivity (Wildman–Crippen MR) is 38.0 cm³/mol. The minimum atomic E-state index is -1.68. The van der Waals surface area contributed by atoms with E-state index in [0.717, 1.165) is 6.08 Å². The molecule has 10 heavy (non-hydrogen) atoms. The van der Waals surface area contributed by atoms with Gasteiger partial charge in [-0.2, -0.15) is 0 Å². The van der Waals surface area contributed by atoms with Crippen molar-refractivity contribution >= 4 is 46.8 Å². The average molecular weight is 202 g/mol. The molecular weight excluding hydrogens is 200 g/mol. The van der Waals surface area contributed by atoms with Gasteiger partial charge in [-0.15, -0.1) is 4.99 Å². The molecule has 0 unspecified atom stereocenters.